The molecule has 1 aliphatic rings. The minimum absolute atomic E-state index is 0.813. The van der Waals surface area contributed by atoms with Crippen LogP contribution < -0.4 is 10.5 Å². The van der Waals surface area contributed by atoms with Crippen molar-refractivity contribution in [3.63, 3.8) is 0 Å². The van der Waals surface area contributed by atoms with E-state index in [0.717, 1.165) is 18.0 Å². The lowest BCUT2D eigenvalue weighted by atomic mass is 10.1. The van der Waals surface area contributed by atoms with Crippen LogP contribution in [0.15, 0.2) is 18.2 Å². The maximum Gasteiger partial charge on any atom is 0.123 e. The molecule has 0 saturated carbocycles. The Kier molecular flexibility index (Phi) is 3.67. The molecular formula is C13H20N2O. The highest BCUT2D eigenvalue weighted by atomic mass is 16.5. The number of hydrogen-bond acceptors (Lipinski definition) is 3. The van der Waals surface area contributed by atoms with Crippen LogP contribution in [0.3, 0.4) is 0 Å². The molecule has 1 heterocycles. The standard InChI is InChI=1S/C13H20N2O/c1-16-13-6-5-12(14)9-11(13)10-15-7-3-2-4-8-15/h5-6,9H,2-4,7-8,10,14H2,1H3. The number of nitrogens with two attached hydrogens (primary N) is 1. The monoisotopic (exact) mass is 220 g/mol. The molecule has 0 aliphatic carbocycles. The minimum atomic E-state index is 0.813. The van der Waals surface area contributed by atoms with Gasteiger partial charge in [-0.05, 0) is 44.1 Å². The third-order valence-corrected chi connectivity index (χ3v) is 3.15. The molecule has 16 heavy (non-hydrogen) atoms. The summed E-state index contributed by atoms with van der Waals surface area (Å²) in [6.07, 6.45) is 3.99. The highest BCUT2D eigenvalue weighted by molar-refractivity contribution is 5.47. The fraction of sp³-hybridized carbons (Fsp3) is 0.538. The van der Waals surface area contributed by atoms with Gasteiger partial charge in [0.1, 0.15) is 5.75 Å². The van der Waals surface area contributed by atoms with Crippen molar-refractivity contribution in [2.45, 2.75) is 25.8 Å². The van der Waals surface area contributed by atoms with Crippen molar-refractivity contribution in [2.75, 3.05) is 25.9 Å². The molecule has 1 aliphatic heterocycles. The Hall–Kier alpha value is -1.22. The summed E-state index contributed by atoms with van der Waals surface area (Å²) in [6.45, 7) is 3.34. The summed E-state index contributed by atoms with van der Waals surface area (Å²) in [7, 11) is 1.71. The number of hydrogen-bond donors (Lipinski definition) is 1. The van der Waals surface area contributed by atoms with E-state index in [-0.39, 0.29) is 0 Å². The van der Waals surface area contributed by atoms with E-state index < -0.39 is 0 Å². The van der Waals surface area contributed by atoms with Crippen LogP contribution in [0.4, 0.5) is 5.69 Å². The molecule has 0 aromatic heterocycles. The van der Waals surface area contributed by atoms with Gasteiger partial charge >= 0.3 is 0 Å². The summed E-state index contributed by atoms with van der Waals surface area (Å²) < 4.78 is 5.36. The maximum absolute atomic E-state index is 5.81. The van der Waals surface area contributed by atoms with E-state index >= 15 is 0 Å². The van der Waals surface area contributed by atoms with Crippen LogP contribution in [-0.4, -0.2) is 25.1 Å². The summed E-state index contributed by atoms with van der Waals surface area (Å²) in [5.74, 6) is 0.944. The van der Waals surface area contributed by atoms with Crippen molar-refractivity contribution in [1.82, 2.24) is 4.90 Å². The highest BCUT2D eigenvalue weighted by Gasteiger charge is 2.12. The first-order valence-corrected chi connectivity index (χ1v) is 5.94. The Labute approximate surface area is 97.2 Å². The lowest BCUT2D eigenvalue weighted by Gasteiger charge is -2.27. The van der Waals surface area contributed by atoms with Crippen LogP contribution >= 0.6 is 0 Å². The molecule has 88 valence electrons. The zero-order valence-electron chi connectivity index (χ0n) is 9.91. The van der Waals surface area contributed by atoms with Gasteiger partial charge in [-0.15, -0.1) is 0 Å². The largest absolute Gasteiger partial charge is 0.496 e. The number of ether oxygens (including phenoxy) is 1. The van der Waals surface area contributed by atoms with Gasteiger partial charge in [-0.2, -0.15) is 0 Å². The Morgan fingerprint density at radius 2 is 2.00 bits per heavy atom. The zero-order chi connectivity index (χ0) is 11.4. The van der Waals surface area contributed by atoms with Gasteiger partial charge < -0.3 is 10.5 Å². The predicted molar refractivity (Wildman–Crippen MR) is 66.5 cm³/mol. The molecule has 0 radical (unpaired) electrons. The maximum atomic E-state index is 5.81. The second-order valence-corrected chi connectivity index (χ2v) is 4.41. The van der Waals surface area contributed by atoms with Gasteiger partial charge in [-0.1, -0.05) is 6.42 Å². The average Bonchev–Trinajstić information content (AvgIpc) is 2.31. The van der Waals surface area contributed by atoms with Crippen molar-refractivity contribution in [2.24, 2.45) is 0 Å². The van der Waals surface area contributed by atoms with Gasteiger partial charge in [0.2, 0.25) is 0 Å². The van der Waals surface area contributed by atoms with E-state index in [2.05, 4.69) is 4.90 Å². The van der Waals surface area contributed by atoms with Gasteiger partial charge in [-0.25, -0.2) is 0 Å². The van der Waals surface area contributed by atoms with E-state index in [1.54, 1.807) is 7.11 Å². The normalized spacial score (nSPS) is 17.3. The first-order chi connectivity index (χ1) is 7.79. The van der Waals surface area contributed by atoms with Crippen LogP contribution in [-0.2, 0) is 6.54 Å². The Morgan fingerprint density at radius 3 is 2.69 bits per heavy atom. The molecule has 0 unspecified atom stereocenters. The van der Waals surface area contributed by atoms with E-state index in [1.807, 2.05) is 18.2 Å². The average molecular weight is 220 g/mol. The van der Waals surface area contributed by atoms with Gasteiger partial charge in [0.05, 0.1) is 7.11 Å². The lowest BCUT2D eigenvalue weighted by Crippen LogP contribution is -2.29. The van der Waals surface area contributed by atoms with Gasteiger partial charge in [0.25, 0.3) is 0 Å². The molecule has 2 rings (SSSR count). The van der Waals surface area contributed by atoms with Crippen molar-refractivity contribution in [1.29, 1.82) is 0 Å². The predicted octanol–water partition coefficient (Wildman–Crippen LogP) is 2.26. The van der Waals surface area contributed by atoms with Gasteiger partial charge in [-0.3, -0.25) is 4.90 Å². The number of benzene rings is 1. The molecule has 0 amide bonds. The molecule has 1 saturated heterocycles. The first-order valence-electron chi connectivity index (χ1n) is 5.94. The van der Waals surface area contributed by atoms with E-state index in [4.69, 9.17) is 10.5 Å². The fourth-order valence-electron chi connectivity index (χ4n) is 2.28. The van der Waals surface area contributed by atoms with Gasteiger partial charge in [0.15, 0.2) is 0 Å². The highest BCUT2D eigenvalue weighted by Crippen LogP contribution is 2.23. The fourth-order valence-corrected chi connectivity index (χ4v) is 2.28. The minimum Gasteiger partial charge on any atom is -0.496 e. The third kappa shape index (κ3) is 2.67. The molecule has 0 bridgehead atoms. The number of methoxy groups -OCH3 is 1. The summed E-state index contributed by atoms with van der Waals surface area (Å²) in [5, 5.41) is 0. The number of rotatable bonds is 3. The topological polar surface area (TPSA) is 38.5 Å². The summed E-state index contributed by atoms with van der Waals surface area (Å²) >= 11 is 0. The zero-order valence-corrected chi connectivity index (χ0v) is 9.91. The van der Waals surface area contributed by atoms with Gasteiger partial charge in [0, 0.05) is 17.8 Å². The number of piperidine rings is 1. The number of anilines is 1. The van der Waals surface area contributed by atoms with Crippen molar-refractivity contribution >= 4 is 5.69 Å². The molecule has 0 atom stereocenters. The van der Waals surface area contributed by atoms with Crippen molar-refractivity contribution in [3.05, 3.63) is 23.8 Å². The molecule has 1 aromatic carbocycles. The summed E-state index contributed by atoms with van der Waals surface area (Å²) in [5.41, 5.74) is 7.82. The Morgan fingerprint density at radius 1 is 1.25 bits per heavy atom. The Bertz CT molecular complexity index is 346. The van der Waals surface area contributed by atoms with E-state index in [0.29, 0.717) is 0 Å². The van der Waals surface area contributed by atoms with Crippen LogP contribution in [0.5, 0.6) is 5.75 Å². The van der Waals surface area contributed by atoms with E-state index in [9.17, 15) is 0 Å². The van der Waals surface area contributed by atoms with Crippen LogP contribution in [0.1, 0.15) is 24.8 Å². The van der Waals surface area contributed by atoms with Crippen LogP contribution in [0, 0.1) is 0 Å². The molecular weight excluding hydrogens is 200 g/mol. The summed E-state index contributed by atoms with van der Waals surface area (Å²) in [6, 6.07) is 5.86. The molecule has 3 nitrogen and oxygen atoms in total. The molecule has 1 aromatic rings. The van der Waals surface area contributed by atoms with E-state index in [1.165, 1.54) is 37.9 Å². The quantitative estimate of drug-likeness (QED) is 0.794. The second-order valence-electron chi connectivity index (χ2n) is 4.41. The summed E-state index contributed by atoms with van der Waals surface area (Å²) in [4.78, 5) is 2.47. The number of likely N-dealkylation sites (tertiary alicyclic amines) is 1. The molecule has 2 N–H and O–H groups in total. The number of nitrogens with zero attached hydrogens (tertiary/aromatic N) is 1. The third-order valence-electron chi connectivity index (χ3n) is 3.15. The first kappa shape index (κ1) is 11.3. The molecule has 3 heteroatoms. The van der Waals surface area contributed by atoms with Crippen molar-refractivity contribution < 1.29 is 4.74 Å². The molecule has 0 spiro atoms. The SMILES string of the molecule is COc1ccc(N)cc1CN1CCCCC1. The molecule has 1 fully saturated rings. The van der Waals surface area contributed by atoms with Crippen LogP contribution in [0.25, 0.3) is 0 Å². The lowest BCUT2D eigenvalue weighted by molar-refractivity contribution is 0.218. The second kappa shape index (κ2) is 5.21. The Balaban J connectivity index is 2.09. The van der Waals surface area contributed by atoms with Crippen molar-refractivity contribution in [3.8, 4) is 5.75 Å². The number of nitrogen functional groups attached to an aromatic ring is 1. The van der Waals surface area contributed by atoms with Crippen LogP contribution in [0.2, 0.25) is 0 Å². The smallest absolute Gasteiger partial charge is 0.123 e.